The molecule has 0 N–H and O–H groups in total. The normalized spacial score (nSPS) is 14.4. The van der Waals surface area contributed by atoms with Crippen LogP contribution in [-0.2, 0) is 17.9 Å². The summed E-state index contributed by atoms with van der Waals surface area (Å²) < 4.78 is 11.3. The molecule has 0 aromatic heterocycles. The van der Waals surface area contributed by atoms with Crippen LogP contribution in [0.4, 0.5) is 10.5 Å². The minimum Gasteiger partial charge on any atom is -0.493 e. The van der Waals surface area contributed by atoms with Crippen LogP contribution in [0.3, 0.4) is 0 Å². The highest BCUT2D eigenvalue weighted by Gasteiger charge is 2.35. The van der Waals surface area contributed by atoms with Gasteiger partial charge in [-0.15, -0.1) is 0 Å². The number of hydrogen-bond donors (Lipinski definition) is 0. The van der Waals surface area contributed by atoms with E-state index in [-0.39, 0.29) is 23.7 Å². The summed E-state index contributed by atoms with van der Waals surface area (Å²) in [5.74, 6) is 0.478. The summed E-state index contributed by atoms with van der Waals surface area (Å²) in [7, 11) is 1.50. The van der Waals surface area contributed by atoms with E-state index in [0.717, 1.165) is 22.2 Å². The van der Waals surface area contributed by atoms with E-state index in [0.29, 0.717) is 32.7 Å². The highest BCUT2D eigenvalue weighted by Crippen LogP contribution is 2.36. The first kappa shape index (κ1) is 25.6. The first-order valence-corrected chi connectivity index (χ1v) is 12.1. The van der Waals surface area contributed by atoms with Crippen LogP contribution >= 0.6 is 35.0 Å². The molecule has 4 rings (SSSR count). The van der Waals surface area contributed by atoms with Crippen LogP contribution in [0.5, 0.6) is 11.5 Å². The third-order valence-electron chi connectivity index (χ3n) is 5.25. The second kappa shape index (κ2) is 11.0. The molecule has 0 aliphatic carbocycles. The number of carbonyl (C=O) groups excluding carboxylic acids is 2. The highest BCUT2D eigenvalue weighted by molar-refractivity contribution is 8.18. The molecule has 11 heteroatoms. The van der Waals surface area contributed by atoms with Gasteiger partial charge in [-0.05, 0) is 53.2 Å². The van der Waals surface area contributed by atoms with Crippen LogP contribution in [0.25, 0.3) is 6.08 Å². The number of rotatable bonds is 8. The quantitative estimate of drug-likeness (QED) is 0.176. The molecule has 1 aliphatic heterocycles. The van der Waals surface area contributed by atoms with Gasteiger partial charge in [-0.1, -0.05) is 47.5 Å². The van der Waals surface area contributed by atoms with E-state index in [2.05, 4.69) is 0 Å². The van der Waals surface area contributed by atoms with Gasteiger partial charge in [0.15, 0.2) is 11.5 Å². The van der Waals surface area contributed by atoms with Crippen molar-refractivity contribution in [2.24, 2.45) is 0 Å². The summed E-state index contributed by atoms with van der Waals surface area (Å²) in [4.78, 5) is 37.0. The molecule has 1 fully saturated rings. The number of thioether (sulfide) groups is 1. The Morgan fingerprint density at radius 3 is 2.44 bits per heavy atom. The second-order valence-corrected chi connectivity index (χ2v) is 9.46. The Kier molecular flexibility index (Phi) is 7.83. The summed E-state index contributed by atoms with van der Waals surface area (Å²) in [6.07, 6.45) is 1.60. The van der Waals surface area contributed by atoms with E-state index in [1.807, 2.05) is 0 Å². The van der Waals surface area contributed by atoms with Gasteiger partial charge in [-0.2, -0.15) is 0 Å². The molecule has 0 atom stereocenters. The summed E-state index contributed by atoms with van der Waals surface area (Å²) in [6, 6.07) is 16.0. The number of amides is 2. The van der Waals surface area contributed by atoms with Crippen LogP contribution in [0.2, 0.25) is 10.0 Å². The summed E-state index contributed by atoms with van der Waals surface area (Å²) in [5.41, 5.74) is 1.94. The second-order valence-electron chi connectivity index (χ2n) is 7.63. The SMILES string of the molecule is COc1cc(/C=C2/SC(=O)N(Cc3ccc([N+](=O)[O-])cc3)C2=O)ccc1OCc1ccc(Cl)cc1Cl. The van der Waals surface area contributed by atoms with Gasteiger partial charge >= 0.3 is 0 Å². The van der Waals surface area contributed by atoms with Crippen molar-refractivity contribution < 1.29 is 24.0 Å². The Morgan fingerprint density at radius 2 is 1.78 bits per heavy atom. The Labute approximate surface area is 220 Å². The number of methoxy groups -OCH3 is 1. The number of imide groups is 1. The van der Waals surface area contributed by atoms with Crippen molar-refractivity contribution in [3.8, 4) is 11.5 Å². The molecule has 3 aromatic carbocycles. The molecule has 0 unspecified atom stereocenters. The number of non-ortho nitro benzene ring substituents is 1. The lowest BCUT2D eigenvalue weighted by Crippen LogP contribution is -2.27. The predicted octanol–water partition coefficient (Wildman–Crippen LogP) is 6.73. The molecule has 0 radical (unpaired) electrons. The van der Waals surface area contributed by atoms with Gasteiger partial charge in [0.2, 0.25) is 0 Å². The van der Waals surface area contributed by atoms with Gasteiger partial charge in [-0.25, -0.2) is 0 Å². The minimum absolute atomic E-state index is 0.0172. The maximum Gasteiger partial charge on any atom is 0.293 e. The topological polar surface area (TPSA) is 99.0 Å². The van der Waals surface area contributed by atoms with E-state index in [4.69, 9.17) is 32.7 Å². The zero-order chi connectivity index (χ0) is 25.8. The van der Waals surface area contributed by atoms with Gasteiger partial charge in [0, 0.05) is 27.7 Å². The fourth-order valence-corrected chi connectivity index (χ4v) is 4.68. The number of benzene rings is 3. The first-order valence-electron chi connectivity index (χ1n) is 10.5. The van der Waals surface area contributed by atoms with Crippen molar-refractivity contribution in [3.05, 3.63) is 102 Å². The molecule has 0 spiro atoms. The largest absolute Gasteiger partial charge is 0.493 e. The van der Waals surface area contributed by atoms with E-state index >= 15 is 0 Å². The van der Waals surface area contributed by atoms with E-state index in [9.17, 15) is 19.7 Å². The summed E-state index contributed by atoms with van der Waals surface area (Å²) in [5, 5.41) is 11.4. The number of halogens is 2. The standard InChI is InChI=1S/C25H18Cl2N2O6S/c1-34-22-10-16(4-9-21(22)35-14-17-5-6-18(26)12-20(17)27)11-23-24(30)28(25(31)36-23)13-15-2-7-19(8-3-15)29(32)33/h2-12H,13-14H2,1H3/b23-11+. The molecule has 2 amide bonds. The van der Waals surface area contributed by atoms with Crippen LogP contribution in [0, 0.1) is 10.1 Å². The summed E-state index contributed by atoms with van der Waals surface area (Å²) in [6.45, 7) is 0.219. The monoisotopic (exact) mass is 544 g/mol. The average Bonchev–Trinajstić information content (AvgIpc) is 3.11. The fraction of sp³-hybridized carbons (Fsp3) is 0.120. The van der Waals surface area contributed by atoms with E-state index in [1.54, 1.807) is 42.5 Å². The van der Waals surface area contributed by atoms with Crippen molar-refractivity contribution in [3.63, 3.8) is 0 Å². The van der Waals surface area contributed by atoms with Crippen LogP contribution in [0.1, 0.15) is 16.7 Å². The zero-order valence-electron chi connectivity index (χ0n) is 18.8. The Hall–Kier alpha value is -3.53. The molecule has 3 aromatic rings. The smallest absolute Gasteiger partial charge is 0.293 e. The molecule has 0 bridgehead atoms. The van der Waals surface area contributed by atoms with Crippen molar-refractivity contribution >= 4 is 57.9 Å². The molecular weight excluding hydrogens is 527 g/mol. The highest BCUT2D eigenvalue weighted by atomic mass is 35.5. The Balaban J connectivity index is 1.47. The van der Waals surface area contributed by atoms with Gasteiger partial charge in [0.1, 0.15) is 6.61 Å². The maximum atomic E-state index is 12.9. The molecule has 1 saturated heterocycles. The lowest BCUT2D eigenvalue weighted by Gasteiger charge is -2.13. The third-order valence-corrected chi connectivity index (χ3v) is 6.74. The number of nitro groups is 1. The zero-order valence-corrected chi connectivity index (χ0v) is 21.1. The van der Waals surface area contributed by atoms with Gasteiger partial charge < -0.3 is 9.47 Å². The molecule has 0 saturated carbocycles. The van der Waals surface area contributed by atoms with Crippen molar-refractivity contribution in [2.75, 3.05) is 7.11 Å². The van der Waals surface area contributed by atoms with E-state index < -0.39 is 16.1 Å². The van der Waals surface area contributed by atoms with Gasteiger partial charge in [0.25, 0.3) is 16.8 Å². The van der Waals surface area contributed by atoms with Crippen molar-refractivity contribution in [1.82, 2.24) is 4.90 Å². The number of nitro benzene ring substituents is 1. The lowest BCUT2D eigenvalue weighted by molar-refractivity contribution is -0.384. The van der Waals surface area contributed by atoms with Crippen molar-refractivity contribution in [2.45, 2.75) is 13.2 Å². The van der Waals surface area contributed by atoms with Crippen LogP contribution in [-0.4, -0.2) is 28.1 Å². The van der Waals surface area contributed by atoms with Crippen molar-refractivity contribution in [1.29, 1.82) is 0 Å². The maximum absolute atomic E-state index is 12.9. The van der Waals surface area contributed by atoms with E-state index in [1.165, 1.54) is 31.4 Å². The first-order chi connectivity index (χ1) is 17.2. The predicted molar refractivity (Wildman–Crippen MR) is 138 cm³/mol. The van der Waals surface area contributed by atoms with Gasteiger partial charge in [-0.3, -0.25) is 24.6 Å². The molecular formula is C25H18Cl2N2O6S. The number of ether oxygens (including phenoxy) is 2. The Bertz CT molecular complexity index is 1380. The molecule has 184 valence electrons. The third kappa shape index (κ3) is 5.81. The molecule has 1 aliphatic rings. The minimum atomic E-state index is -0.510. The number of hydrogen-bond acceptors (Lipinski definition) is 7. The molecule has 36 heavy (non-hydrogen) atoms. The number of carbonyl (C=O) groups is 2. The van der Waals surface area contributed by atoms with Crippen LogP contribution in [0.15, 0.2) is 65.6 Å². The Morgan fingerprint density at radius 1 is 1.03 bits per heavy atom. The molecule has 8 nitrogen and oxygen atoms in total. The number of nitrogens with zero attached hydrogens (tertiary/aromatic N) is 2. The van der Waals surface area contributed by atoms with Crippen LogP contribution < -0.4 is 9.47 Å². The molecule has 1 heterocycles. The average molecular weight is 545 g/mol. The summed E-state index contributed by atoms with van der Waals surface area (Å²) >= 11 is 13.0. The van der Waals surface area contributed by atoms with Gasteiger partial charge in [0.05, 0.1) is 23.5 Å². The lowest BCUT2D eigenvalue weighted by atomic mass is 10.1. The fourth-order valence-electron chi connectivity index (χ4n) is 3.38.